The molecule has 2 aromatic rings. The molecule has 3 rings (SSSR count). The van der Waals surface area contributed by atoms with E-state index in [0.29, 0.717) is 5.54 Å². The molecule has 0 N–H and O–H groups in total. The summed E-state index contributed by atoms with van der Waals surface area (Å²) in [6, 6.07) is 8.85. The Kier molecular flexibility index (Phi) is 3.40. The maximum absolute atomic E-state index is 2.62. The number of likely N-dealkylation sites (tertiary alicyclic amines) is 1. The lowest BCUT2D eigenvalue weighted by Gasteiger charge is -2.41. The van der Waals surface area contributed by atoms with Gasteiger partial charge in [0, 0.05) is 10.2 Å². The van der Waals surface area contributed by atoms with Gasteiger partial charge in [0.2, 0.25) is 0 Å². The smallest absolute Gasteiger partial charge is 0.0345 e. The van der Waals surface area contributed by atoms with Crippen LogP contribution in [0.15, 0.2) is 29.6 Å². The van der Waals surface area contributed by atoms with E-state index >= 15 is 0 Å². The predicted molar refractivity (Wildman–Crippen MR) is 85.1 cm³/mol. The van der Waals surface area contributed by atoms with E-state index in [2.05, 4.69) is 55.3 Å². The zero-order valence-electron chi connectivity index (χ0n) is 12.1. The van der Waals surface area contributed by atoms with Gasteiger partial charge < -0.3 is 0 Å². The van der Waals surface area contributed by atoms with Crippen molar-refractivity contribution in [3.05, 3.63) is 35.2 Å². The summed E-state index contributed by atoms with van der Waals surface area (Å²) >= 11 is 1.90. The second-order valence-corrected chi connectivity index (χ2v) is 7.53. The van der Waals surface area contributed by atoms with Crippen LogP contribution in [0.1, 0.15) is 45.1 Å². The van der Waals surface area contributed by atoms with Crippen molar-refractivity contribution in [1.82, 2.24) is 4.90 Å². The van der Waals surface area contributed by atoms with Gasteiger partial charge in [0.25, 0.3) is 0 Å². The summed E-state index contributed by atoms with van der Waals surface area (Å²) < 4.78 is 1.44. The molecule has 1 aliphatic heterocycles. The van der Waals surface area contributed by atoms with Crippen LogP contribution in [0.2, 0.25) is 0 Å². The molecule has 1 aromatic heterocycles. The van der Waals surface area contributed by atoms with Gasteiger partial charge in [0.1, 0.15) is 0 Å². The Balaban J connectivity index is 1.79. The van der Waals surface area contributed by atoms with Crippen LogP contribution < -0.4 is 0 Å². The highest BCUT2D eigenvalue weighted by atomic mass is 32.1. The average Bonchev–Trinajstić information content (AvgIpc) is 2.82. The highest BCUT2D eigenvalue weighted by Crippen LogP contribution is 2.37. The van der Waals surface area contributed by atoms with Crippen molar-refractivity contribution >= 4 is 21.4 Å². The summed E-state index contributed by atoms with van der Waals surface area (Å²) in [5.74, 6) is 0.759. The molecule has 2 heteroatoms. The molecule has 0 radical (unpaired) electrons. The van der Waals surface area contributed by atoms with E-state index in [1.54, 1.807) is 5.56 Å². The maximum Gasteiger partial charge on any atom is 0.0345 e. The fraction of sp³-hybridized carbons (Fsp3) is 0.529. The summed E-state index contributed by atoms with van der Waals surface area (Å²) in [7, 11) is 0. The third kappa shape index (κ3) is 2.56. The molecule has 1 nitrogen and oxygen atoms in total. The van der Waals surface area contributed by atoms with Gasteiger partial charge in [0.15, 0.2) is 0 Å². The highest BCUT2D eigenvalue weighted by Gasteiger charge is 2.28. The largest absolute Gasteiger partial charge is 0.298 e. The SMILES string of the molecule is CC(C)(C)N1CCC(c2csc3ccccc23)CC1. The zero-order chi connectivity index (χ0) is 13.5. The number of hydrogen-bond acceptors (Lipinski definition) is 2. The summed E-state index contributed by atoms with van der Waals surface area (Å²) in [6.45, 7) is 9.45. The molecule has 0 amide bonds. The second kappa shape index (κ2) is 4.92. The molecule has 1 fully saturated rings. The van der Waals surface area contributed by atoms with E-state index in [9.17, 15) is 0 Å². The molecular weight excluding hydrogens is 250 g/mol. The van der Waals surface area contributed by atoms with Crippen LogP contribution in [0.25, 0.3) is 10.1 Å². The molecule has 1 aromatic carbocycles. The second-order valence-electron chi connectivity index (χ2n) is 6.62. The van der Waals surface area contributed by atoms with Crippen LogP contribution >= 0.6 is 11.3 Å². The summed E-state index contributed by atoms with van der Waals surface area (Å²) in [4.78, 5) is 2.62. The van der Waals surface area contributed by atoms with Gasteiger partial charge in [-0.2, -0.15) is 0 Å². The van der Waals surface area contributed by atoms with Crippen molar-refractivity contribution in [2.45, 2.75) is 45.1 Å². The van der Waals surface area contributed by atoms with Crippen LogP contribution in [0.5, 0.6) is 0 Å². The lowest BCUT2D eigenvalue weighted by molar-refractivity contribution is 0.102. The van der Waals surface area contributed by atoms with Crippen molar-refractivity contribution in [3.63, 3.8) is 0 Å². The van der Waals surface area contributed by atoms with Gasteiger partial charge in [-0.1, -0.05) is 18.2 Å². The zero-order valence-corrected chi connectivity index (χ0v) is 13.0. The van der Waals surface area contributed by atoms with Crippen LogP contribution in [-0.4, -0.2) is 23.5 Å². The number of rotatable bonds is 1. The summed E-state index contributed by atoms with van der Waals surface area (Å²) in [5, 5.41) is 3.88. The van der Waals surface area contributed by atoms with E-state index in [-0.39, 0.29) is 0 Å². The molecule has 0 spiro atoms. The first-order valence-electron chi connectivity index (χ1n) is 7.27. The van der Waals surface area contributed by atoms with Crippen LogP contribution in [0, 0.1) is 0 Å². The van der Waals surface area contributed by atoms with Crippen molar-refractivity contribution in [2.24, 2.45) is 0 Å². The van der Waals surface area contributed by atoms with E-state index < -0.39 is 0 Å². The number of fused-ring (bicyclic) bond motifs is 1. The summed E-state index contributed by atoms with van der Waals surface area (Å²) in [5.41, 5.74) is 1.91. The predicted octanol–water partition coefficient (Wildman–Crippen LogP) is 4.88. The number of nitrogens with zero attached hydrogens (tertiary/aromatic N) is 1. The lowest BCUT2D eigenvalue weighted by Crippen LogP contribution is -2.45. The Morgan fingerprint density at radius 2 is 1.79 bits per heavy atom. The Morgan fingerprint density at radius 1 is 1.11 bits per heavy atom. The molecule has 1 saturated heterocycles. The fourth-order valence-corrected chi connectivity index (χ4v) is 4.22. The number of thiophene rings is 1. The number of piperidine rings is 1. The van der Waals surface area contributed by atoms with Gasteiger partial charge in [-0.05, 0) is 75.0 Å². The van der Waals surface area contributed by atoms with Crippen molar-refractivity contribution in [3.8, 4) is 0 Å². The van der Waals surface area contributed by atoms with E-state index in [4.69, 9.17) is 0 Å². The van der Waals surface area contributed by atoms with Gasteiger partial charge in [-0.3, -0.25) is 4.90 Å². The normalized spacial score (nSPS) is 19.1. The molecule has 102 valence electrons. The highest BCUT2D eigenvalue weighted by molar-refractivity contribution is 7.17. The number of benzene rings is 1. The third-order valence-corrected chi connectivity index (χ3v) is 5.38. The Labute approximate surface area is 120 Å². The molecule has 19 heavy (non-hydrogen) atoms. The first-order chi connectivity index (χ1) is 9.05. The minimum absolute atomic E-state index is 0.321. The first-order valence-corrected chi connectivity index (χ1v) is 8.15. The molecule has 0 saturated carbocycles. The fourth-order valence-electron chi connectivity index (χ4n) is 3.18. The molecule has 1 aliphatic rings. The topological polar surface area (TPSA) is 3.24 Å². The van der Waals surface area contributed by atoms with Crippen molar-refractivity contribution < 1.29 is 0 Å². The van der Waals surface area contributed by atoms with Gasteiger partial charge in [0.05, 0.1) is 0 Å². The summed E-state index contributed by atoms with van der Waals surface area (Å²) in [6.07, 6.45) is 2.61. The van der Waals surface area contributed by atoms with E-state index in [1.807, 2.05) is 11.3 Å². The Morgan fingerprint density at radius 3 is 2.47 bits per heavy atom. The monoisotopic (exact) mass is 273 g/mol. The maximum atomic E-state index is 2.62. The van der Waals surface area contributed by atoms with Crippen LogP contribution in [-0.2, 0) is 0 Å². The van der Waals surface area contributed by atoms with Gasteiger partial charge in [-0.15, -0.1) is 11.3 Å². The third-order valence-electron chi connectivity index (χ3n) is 4.39. The quantitative estimate of drug-likeness (QED) is 0.716. The minimum Gasteiger partial charge on any atom is -0.298 e. The molecule has 2 heterocycles. The lowest BCUT2D eigenvalue weighted by atomic mass is 9.87. The average molecular weight is 273 g/mol. The van der Waals surface area contributed by atoms with E-state index in [1.165, 1.54) is 36.0 Å². The molecule has 0 bridgehead atoms. The minimum atomic E-state index is 0.321. The molecule has 0 aliphatic carbocycles. The molecular formula is C17H23NS. The molecule has 0 unspecified atom stereocenters. The molecule has 0 atom stereocenters. The van der Waals surface area contributed by atoms with Crippen LogP contribution in [0.3, 0.4) is 0 Å². The van der Waals surface area contributed by atoms with Gasteiger partial charge >= 0.3 is 0 Å². The first kappa shape index (κ1) is 13.1. The number of hydrogen-bond donors (Lipinski definition) is 0. The van der Waals surface area contributed by atoms with E-state index in [0.717, 1.165) is 5.92 Å². The van der Waals surface area contributed by atoms with Crippen molar-refractivity contribution in [1.29, 1.82) is 0 Å². The van der Waals surface area contributed by atoms with Crippen molar-refractivity contribution in [2.75, 3.05) is 13.1 Å². The van der Waals surface area contributed by atoms with Gasteiger partial charge in [-0.25, -0.2) is 0 Å². The Bertz CT molecular complexity index is 556. The van der Waals surface area contributed by atoms with Crippen LogP contribution in [0.4, 0.5) is 0 Å². The Hall–Kier alpha value is -0.860. The standard InChI is InChI=1S/C17H23NS/c1-17(2,3)18-10-8-13(9-11-18)15-12-19-16-7-5-4-6-14(15)16/h4-7,12-13H,8-11H2,1-3H3.